The number of carbonyl (C=O) groups is 1. The number of hydrogen-bond donors (Lipinski definition) is 1. The highest BCUT2D eigenvalue weighted by molar-refractivity contribution is 14.1. The number of fused-ring (bicyclic) bond motifs is 1. The fourth-order valence-electron chi connectivity index (χ4n) is 1.67. The molecule has 0 bridgehead atoms. The molecule has 0 radical (unpaired) electrons. The molecule has 0 saturated heterocycles. The van der Waals surface area contributed by atoms with Gasteiger partial charge in [0, 0.05) is 15.2 Å². The van der Waals surface area contributed by atoms with Gasteiger partial charge in [-0.05, 0) is 47.2 Å². The molecule has 4 heteroatoms. The standard InChI is InChI=1S/C11H9IN2O/c1-6-5-8(12)10-7(3-2-4-14-10)9(6)11(13)15/h2-5H,1H3,(H2,13,15). The van der Waals surface area contributed by atoms with Gasteiger partial charge in [-0.2, -0.15) is 0 Å². The van der Waals surface area contributed by atoms with Crippen molar-refractivity contribution in [2.45, 2.75) is 6.92 Å². The van der Waals surface area contributed by atoms with Crippen molar-refractivity contribution >= 4 is 39.4 Å². The molecule has 2 N–H and O–H groups in total. The minimum atomic E-state index is -0.401. The summed E-state index contributed by atoms with van der Waals surface area (Å²) in [5.74, 6) is -0.401. The number of pyridine rings is 1. The van der Waals surface area contributed by atoms with Crippen LogP contribution in [0, 0.1) is 10.5 Å². The first-order valence-electron chi connectivity index (χ1n) is 4.45. The molecule has 0 aliphatic rings. The molecule has 15 heavy (non-hydrogen) atoms. The normalized spacial score (nSPS) is 10.5. The molecule has 1 aromatic heterocycles. The summed E-state index contributed by atoms with van der Waals surface area (Å²) in [5, 5.41) is 0.828. The Morgan fingerprint density at radius 2 is 2.27 bits per heavy atom. The molecule has 0 aliphatic heterocycles. The lowest BCUT2D eigenvalue weighted by atomic mass is 10.0. The number of halogens is 1. The molecule has 2 aromatic rings. The molecule has 1 aromatic carbocycles. The van der Waals surface area contributed by atoms with Gasteiger partial charge in [-0.15, -0.1) is 0 Å². The van der Waals surface area contributed by atoms with E-state index in [4.69, 9.17) is 5.73 Å². The van der Waals surface area contributed by atoms with Gasteiger partial charge in [-0.25, -0.2) is 0 Å². The van der Waals surface area contributed by atoms with Gasteiger partial charge in [0.2, 0.25) is 5.91 Å². The number of benzene rings is 1. The van der Waals surface area contributed by atoms with E-state index in [0.29, 0.717) is 5.56 Å². The zero-order valence-electron chi connectivity index (χ0n) is 8.12. The fourth-order valence-corrected chi connectivity index (χ4v) is 2.56. The molecule has 0 atom stereocenters. The number of rotatable bonds is 1. The Hall–Kier alpha value is -1.17. The van der Waals surface area contributed by atoms with Crippen molar-refractivity contribution in [2.24, 2.45) is 5.73 Å². The van der Waals surface area contributed by atoms with E-state index in [9.17, 15) is 4.79 Å². The zero-order valence-corrected chi connectivity index (χ0v) is 10.3. The fraction of sp³-hybridized carbons (Fsp3) is 0.0909. The Balaban J connectivity index is 2.96. The number of aryl methyl sites for hydroxylation is 1. The topological polar surface area (TPSA) is 56.0 Å². The van der Waals surface area contributed by atoms with Crippen molar-refractivity contribution in [1.29, 1.82) is 0 Å². The predicted octanol–water partition coefficient (Wildman–Crippen LogP) is 2.25. The smallest absolute Gasteiger partial charge is 0.249 e. The van der Waals surface area contributed by atoms with Crippen LogP contribution in [0.15, 0.2) is 24.4 Å². The van der Waals surface area contributed by atoms with E-state index in [1.165, 1.54) is 0 Å². The van der Waals surface area contributed by atoms with Crippen molar-refractivity contribution in [1.82, 2.24) is 4.98 Å². The van der Waals surface area contributed by atoms with E-state index < -0.39 is 5.91 Å². The number of aromatic nitrogens is 1. The van der Waals surface area contributed by atoms with E-state index in [0.717, 1.165) is 20.0 Å². The minimum Gasteiger partial charge on any atom is -0.366 e. The van der Waals surface area contributed by atoms with Crippen molar-refractivity contribution in [3.8, 4) is 0 Å². The number of hydrogen-bond acceptors (Lipinski definition) is 2. The van der Waals surface area contributed by atoms with Gasteiger partial charge in [0.25, 0.3) is 0 Å². The van der Waals surface area contributed by atoms with Crippen LogP contribution in [0.3, 0.4) is 0 Å². The molecule has 2 rings (SSSR count). The van der Waals surface area contributed by atoms with Crippen molar-refractivity contribution in [2.75, 3.05) is 0 Å². The highest BCUT2D eigenvalue weighted by Gasteiger charge is 2.12. The summed E-state index contributed by atoms with van der Waals surface area (Å²) in [6.07, 6.45) is 1.71. The summed E-state index contributed by atoms with van der Waals surface area (Å²) in [6.45, 7) is 1.88. The summed E-state index contributed by atoms with van der Waals surface area (Å²) >= 11 is 2.21. The van der Waals surface area contributed by atoms with Gasteiger partial charge in [-0.3, -0.25) is 9.78 Å². The maximum Gasteiger partial charge on any atom is 0.249 e. The zero-order chi connectivity index (χ0) is 11.0. The van der Waals surface area contributed by atoms with Gasteiger partial charge >= 0.3 is 0 Å². The van der Waals surface area contributed by atoms with Gasteiger partial charge in [-0.1, -0.05) is 6.07 Å². The average molecular weight is 312 g/mol. The number of amides is 1. The first-order chi connectivity index (χ1) is 7.11. The van der Waals surface area contributed by atoms with Crippen LogP contribution >= 0.6 is 22.6 Å². The molecule has 0 unspecified atom stereocenters. The number of nitrogens with zero attached hydrogens (tertiary/aromatic N) is 1. The summed E-state index contributed by atoms with van der Waals surface area (Å²) in [5.41, 5.74) is 7.66. The van der Waals surface area contributed by atoms with Crippen LogP contribution in [0.1, 0.15) is 15.9 Å². The Labute approximate surface area is 101 Å². The van der Waals surface area contributed by atoms with Crippen LogP contribution in [-0.2, 0) is 0 Å². The van der Waals surface area contributed by atoms with Crippen molar-refractivity contribution in [3.63, 3.8) is 0 Å². The summed E-state index contributed by atoms with van der Waals surface area (Å²) in [6, 6.07) is 5.61. The molecule has 0 spiro atoms. The Bertz CT molecular complexity index is 552. The number of primary amides is 1. The van der Waals surface area contributed by atoms with Crippen LogP contribution in [0.2, 0.25) is 0 Å². The average Bonchev–Trinajstić information content (AvgIpc) is 2.17. The second-order valence-electron chi connectivity index (χ2n) is 3.31. The third-order valence-electron chi connectivity index (χ3n) is 2.29. The summed E-state index contributed by atoms with van der Waals surface area (Å²) in [4.78, 5) is 15.6. The van der Waals surface area contributed by atoms with Crippen LogP contribution in [-0.4, -0.2) is 10.9 Å². The Morgan fingerprint density at radius 3 is 2.93 bits per heavy atom. The molecule has 0 aliphatic carbocycles. The van der Waals surface area contributed by atoms with Crippen molar-refractivity contribution < 1.29 is 4.79 Å². The quantitative estimate of drug-likeness (QED) is 0.821. The molecular weight excluding hydrogens is 303 g/mol. The van der Waals surface area contributed by atoms with Crippen LogP contribution < -0.4 is 5.73 Å². The van der Waals surface area contributed by atoms with Gasteiger partial charge < -0.3 is 5.73 Å². The van der Waals surface area contributed by atoms with E-state index in [1.807, 2.05) is 25.1 Å². The van der Waals surface area contributed by atoms with E-state index >= 15 is 0 Å². The predicted molar refractivity (Wildman–Crippen MR) is 67.7 cm³/mol. The Morgan fingerprint density at radius 1 is 1.53 bits per heavy atom. The lowest BCUT2D eigenvalue weighted by Crippen LogP contribution is -2.13. The molecular formula is C11H9IN2O. The second-order valence-corrected chi connectivity index (χ2v) is 4.48. The molecule has 0 saturated carbocycles. The minimum absolute atomic E-state index is 0.401. The third kappa shape index (κ3) is 1.69. The van der Waals surface area contributed by atoms with Crippen molar-refractivity contribution in [3.05, 3.63) is 39.1 Å². The first-order valence-corrected chi connectivity index (χ1v) is 5.53. The Kier molecular flexibility index (Phi) is 2.60. The van der Waals surface area contributed by atoms with Crippen LogP contribution in [0.25, 0.3) is 10.9 Å². The van der Waals surface area contributed by atoms with Gasteiger partial charge in [0.05, 0.1) is 11.1 Å². The highest BCUT2D eigenvalue weighted by atomic mass is 127. The molecule has 76 valence electrons. The SMILES string of the molecule is Cc1cc(I)c2ncccc2c1C(N)=O. The van der Waals surface area contributed by atoms with E-state index in [1.54, 1.807) is 6.20 Å². The molecule has 3 nitrogen and oxygen atoms in total. The lowest BCUT2D eigenvalue weighted by molar-refractivity contribution is 0.100. The number of carbonyl (C=O) groups excluding carboxylic acids is 1. The highest BCUT2D eigenvalue weighted by Crippen LogP contribution is 2.25. The molecule has 1 heterocycles. The maximum atomic E-state index is 11.3. The summed E-state index contributed by atoms with van der Waals surface area (Å²) < 4.78 is 1.03. The monoisotopic (exact) mass is 312 g/mol. The van der Waals surface area contributed by atoms with Gasteiger partial charge in [0.15, 0.2) is 0 Å². The second kappa shape index (κ2) is 3.77. The lowest BCUT2D eigenvalue weighted by Gasteiger charge is -2.07. The van der Waals surface area contributed by atoms with Crippen LogP contribution in [0.5, 0.6) is 0 Å². The van der Waals surface area contributed by atoms with Gasteiger partial charge in [0.1, 0.15) is 0 Å². The third-order valence-corrected chi connectivity index (χ3v) is 3.11. The van der Waals surface area contributed by atoms with Crippen LogP contribution in [0.4, 0.5) is 0 Å². The number of nitrogens with two attached hydrogens (primary N) is 1. The first kappa shape index (κ1) is 10.4. The maximum absolute atomic E-state index is 11.3. The largest absolute Gasteiger partial charge is 0.366 e. The molecule has 1 amide bonds. The van der Waals surface area contributed by atoms with E-state index in [2.05, 4.69) is 27.6 Å². The molecule has 0 fully saturated rings. The summed E-state index contributed by atoms with van der Waals surface area (Å²) in [7, 11) is 0. The van der Waals surface area contributed by atoms with E-state index in [-0.39, 0.29) is 0 Å².